The van der Waals surface area contributed by atoms with Crippen LogP contribution in [-0.4, -0.2) is 44.4 Å². The molecule has 1 heterocycles. The van der Waals surface area contributed by atoms with E-state index in [1.165, 1.54) is 0 Å². The summed E-state index contributed by atoms with van der Waals surface area (Å²) in [6.07, 6.45) is 1.77. The molecule has 0 saturated heterocycles. The molecule has 0 atom stereocenters. The van der Waals surface area contributed by atoms with Crippen molar-refractivity contribution in [2.75, 3.05) is 33.4 Å². The molecule has 0 fully saturated rings. The lowest BCUT2D eigenvalue weighted by atomic mass is 10.3. The maximum Gasteiger partial charge on any atom is 0.219 e. The summed E-state index contributed by atoms with van der Waals surface area (Å²) >= 11 is 0. The van der Waals surface area contributed by atoms with E-state index in [2.05, 4.69) is 20.6 Å². The first-order valence-electron chi connectivity index (χ1n) is 9.12. The molecule has 2 N–H and O–H groups in total. The number of nitrogens with one attached hydrogen (secondary N) is 2. The number of hydrogen-bond donors (Lipinski definition) is 2. The maximum absolute atomic E-state index is 5.75. The van der Waals surface area contributed by atoms with Gasteiger partial charge in [-0.15, -0.1) is 0 Å². The summed E-state index contributed by atoms with van der Waals surface area (Å²) in [7, 11) is 1.63. The number of ether oxygens (including phenoxy) is 3. The molecule has 0 spiro atoms. The van der Waals surface area contributed by atoms with Crippen molar-refractivity contribution in [3.8, 4) is 17.4 Å². The van der Waals surface area contributed by atoms with Gasteiger partial charge in [-0.2, -0.15) is 0 Å². The number of hydrogen-bond acceptors (Lipinski definition) is 5. The van der Waals surface area contributed by atoms with E-state index in [4.69, 9.17) is 14.2 Å². The van der Waals surface area contributed by atoms with Crippen LogP contribution in [0.25, 0.3) is 0 Å². The highest BCUT2D eigenvalue weighted by molar-refractivity contribution is 5.79. The number of rotatable bonds is 10. The number of aliphatic imine (C=N–C) groups is 1. The lowest BCUT2D eigenvalue weighted by Gasteiger charge is -2.11. The molecule has 0 radical (unpaired) electrons. The topological polar surface area (TPSA) is 77.0 Å². The number of aromatic nitrogens is 1. The Balaban J connectivity index is 1.90. The minimum atomic E-state index is 0.524. The first kappa shape index (κ1) is 20.5. The predicted molar refractivity (Wildman–Crippen MR) is 107 cm³/mol. The van der Waals surface area contributed by atoms with Gasteiger partial charge in [-0.1, -0.05) is 12.1 Å². The van der Waals surface area contributed by atoms with Gasteiger partial charge in [0.1, 0.15) is 11.5 Å². The van der Waals surface area contributed by atoms with Gasteiger partial charge in [-0.05, 0) is 31.5 Å². The van der Waals surface area contributed by atoms with Crippen LogP contribution in [0.3, 0.4) is 0 Å². The number of methoxy groups -OCH3 is 1. The number of benzene rings is 1. The monoisotopic (exact) mass is 372 g/mol. The van der Waals surface area contributed by atoms with Gasteiger partial charge in [-0.25, -0.2) is 9.98 Å². The molecule has 1 aromatic heterocycles. The predicted octanol–water partition coefficient (Wildman–Crippen LogP) is 2.97. The lowest BCUT2D eigenvalue weighted by Crippen LogP contribution is -2.39. The zero-order valence-corrected chi connectivity index (χ0v) is 16.2. The third-order valence-corrected chi connectivity index (χ3v) is 3.57. The van der Waals surface area contributed by atoms with E-state index in [1.807, 2.05) is 50.2 Å². The molecular weight excluding hydrogens is 344 g/mol. The standard InChI is InChI=1S/C20H28N4O3/c1-4-21-20(22-11-12-26-5-2)24-15-16-9-10-19(23-14-16)27-18-8-6-7-17(13-18)25-3/h6-10,13-14H,4-5,11-12,15H2,1-3H3,(H2,21,22,24). The summed E-state index contributed by atoms with van der Waals surface area (Å²) in [6, 6.07) is 11.2. The van der Waals surface area contributed by atoms with E-state index in [1.54, 1.807) is 13.3 Å². The number of pyridine rings is 1. The summed E-state index contributed by atoms with van der Waals surface area (Å²) in [5.74, 6) is 2.71. The van der Waals surface area contributed by atoms with Gasteiger partial charge in [0, 0.05) is 38.0 Å². The van der Waals surface area contributed by atoms with E-state index in [9.17, 15) is 0 Å². The normalized spacial score (nSPS) is 11.1. The van der Waals surface area contributed by atoms with Crippen LogP contribution in [0.5, 0.6) is 17.4 Å². The van der Waals surface area contributed by atoms with E-state index in [0.29, 0.717) is 37.9 Å². The van der Waals surface area contributed by atoms with Crippen molar-refractivity contribution in [2.24, 2.45) is 4.99 Å². The SMILES string of the molecule is CCNC(=NCc1ccc(Oc2cccc(OC)c2)nc1)NCCOCC. The summed E-state index contributed by atoms with van der Waals surface area (Å²) in [4.78, 5) is 8.91. The third-order valence-electron chi connectivity index (χ3n) is 3.57. The summed E-state index contributed by atoms with van der Waals surface area (Å²) in [5.41, 5.74) is 0.995. The van der Waals surface area contributed by atoms with Crippen molar-refractivity contribution in [3.05, 3.63) is 48.2 Å². The van der Waals surface area contributed by atoms with Crippen LogP contribution in [0.15, 0.2) is 47.6 Å². The minimum absolute atomic E-state index is 0.524. The third kappa shape index (κ3) is 7.53. The summed E-state index contributed by atoms with van der Waals surface area (Å²) in [5, 5.41) is 6.45. The zero-order chi connectivity index (χ0) is 19.3. The van der Waals surface area contributed by atoms with E-state index < -0.39 is 0 Å². The Morgan fingerprint density at radius 1 is 1.11 bits per heavy atom. The first-order valence-corrected chi connectivity index (χ1v) is 9.12. The second kappa shape index (κ2) is 11.7. The smallest absolute Gasteiger partial charge is 0.219 e. The van der Waals surface area contributed by atoms with Crippen molar-refractivity contribution < 1.29 is 14.2 Å². The average Bonchev–Trinajstić information content (AvgIpc) is 2.70. The molecule has 2 rings (SSSR count). The molecule has 0 saturated carbocycles. The average molecular weight is 372 g/mol. The second-order valence-electron chi connectivity index (χ2n) is 5.60. The summed E-state index contributed by atoms with van der Waals surface area (Å²) < 4.78 is 16.3. The Bertz CT molecular complexity index is 705. The van der Waals surface area contributed by atoms with Crippen LogP contribution in [0, 0.1) is 0 Å². The van der Waals surface area contributed by atoms with Crippen LogP contribution >= 0.6 is 0 Å². The van der Waals surface area contributed by atoms with Crippen molar-refractivity contribution in [2.45, 2.75) is 20.4 Å². The number of guanidine groups is 1. The summed E-state index contributed by atoms with van der Waals surface area (Å²) in [6.45, 7) is 7.41. The van der Waals surface area contributed by atoms with Crippen molar-refractivity contribution in [3.63, 3.8) is 0 Å². The molecule has 7 nitrogen and oxygen atoms in total. The fraction of sp³-hybridized carbons (Fsp3) is 0.400. The molecule has 0 aliphatic carbocycles. The zero-order valence-electron chi connectivity index (χ0n) is 16.2. The lowest BCUT2D eigenvalue weighted by molar-refractivity contribution is 0.152. The van der Waals surface area contributed by atoms with E-state index >= 15 is 0 Å². The van der Waals surface area contributed by atoms with Gasteiger partial charge in [-0.3, -0.25) is 0 Å². The fourth-order valence-corrected chi connectivity index (χ4v) is 2.25. The Morgan fingerprint density at radius 2 is 1.96 bits per heavy atom. The molecule has 0 unspecified atom stereocenters. The molecule has 146 valence electrons. The molecule has 0 bridgehead atoms. The van der Waals surface area contributed by atoms with Gasteiger partial charge < -0.3 is 24.8 Å². The first-order chi connectivity index (χ1) is 13.2. The fourth-order valence-electron chi connectivity index (χ4n) is 2.25. The van der Waals surface area contributed by atoms with Gasteiger partial charge in [0.2, 0.25) is 5.88 Å². The Kier molecular flexibility index (Phi) is 8.92. The molecule has 0 amide bonds. The largest absolute Gasteiger partial charge is 0.497 e. The van der Waals surface area contributed by atoms with Crippen LogP contribution in [-0.2, 0) is 11.3 Å². The van der Waals surface area contributed by atoms with Crippen LogP contribution < -0.4 is 20.1 Å². The van der Waals surface area contributed by atoms with Gasteiger partial charge in [0.05, 0.1) is 20.3 Å². The highest BCUT2D eigenvalue weighted by Crippen LogP contribution is 2.23. The Labute approximate surface area is 160 Å². The Hall–Kier alpha value is -2.80. The molecule has 0 aliphatic rings. The van der Waals surface area contributed by atoms with Gasteiger partial charge in [0.25, 0.3) is 0 Å². The van der Waals surface area contributed by atoms with Crippen LogP contribution in [0.4, 0.5) is 0 Å². The van der Waals surface area contributed by atoms with Gasteiger partial charge >= 0.3 is 0 Å². The molecular formula is C20H28N4O3. The van der Waals surface area contributed by atoms with Crippen LogP contribution in [0.2, 0.25) is 0 Å². The molecule has 2 aromatic rings. The molecule has 0 aliphatic heterocycles. The maximum atomic E-state index is 5.75. The number of nitrogens with zero attached hydrogens (tertiary/aromatic N) is 2. The highest BCUT2D eigenvalue weighted by Gasteiger charge is 2.02. The molecule has 27 heavy (non-hydrogen) atoms. The Morgan fingerprint density at radius 3 is 2.67 bits per heavy atom. The van der Waals surface area contributed by atoms with E-state index in [0.717, 1.165) is 23.8 Å². The van der Waals surface area contributed by atoms with Crippen molar-refractivity contribution in [1.29, 1.82) is 0 Å². The van der Waals surface area contributed by atoms with Crippen LogP contribution in [0.1, 0.15) is 19.4 Å². The quantitative estimate of drug-likeness (QED) is 0.379. The van der Waals surface area contributed by atoms with E-state index in [-0.39, 0.29) is 0 Å². The molecule has 7 heteroatoms. The minimum Gasteiger partial charge on any atom is -0.497 e. The molecule has 1 aromatic carbocycles. The highest BCUT2D eigenvalue weighted by atomic mass is 16.5. The second-order valence-corrected chi connectivity index (χ2v) is 5.60. The van der Waals surface area contributed by atoms with Crippen molar-refractivity contribution in [1.82, 2.24) is 15.6 Å². The van der Waals surface area contributed by atoms with Gasteiger partial charge in [0.15, 0.2) is 5.96 Å². The van der Waals surface area contributed by atoms with Crippen molar-refractivity contribution >= 4 is 5.96 Å².